The maximum absolute atomic E-state index is 13.5. The van der Waals surface area contributed by atoms with Crippen LogP contribution >= 0.6 is 11.3 Å². The molecule has 10 heteroatoms. The van der Waals surface area contributed by atoms with Crippen molar-refractivity contribution in [1.82, 2.24) is 18.6 Å². The third-order valence-electron chi connectivity index (χ3n) is 5.68. The van der Waals surface area contributed by atoms with Gasteiger partial charge in [-0.05, 0) is 23.8 Å². The number of thiazole rings is 1. The molecule has 2 aromatic heterocycles. The van der Waals surface area contributed by atoms with E-state index >= 15 is 0 Å². The summed E-state index contributed by atoms with van der Waals surface area (Å²) in [4.78, 5) is 20.2. The largest absolute Gasteiger partial charge is 0.295 e. The number of halogens is 1. The Kier molecular flexibility index (Phi) is 5.83. The summed E-state index contributed by atoms with van der Waals surface area (Å²) in [6.07, 6.45) is 0. The van der Waals surface area contributed by atoms with Gasteiger partial charge in [0.05, 0.1) is 16.3 Å². The lowest BCUT2D eigenvalue weighted by atomic mass is 10.2. The van der Waals surface area contributed by atoms with Gasteiger partial charge in [0.1, 0.15) is 5.82 Å². The lowest BCUT2D eigenvalue weighted by Gasteiger charge is -2.33. The number of benzene rings is 2. The molecule has 2 aromatic carbocycles. The van der Waals surface area contributed by atoms with E-state index in [1.807, 2.05) is 35.7 Å². The second-order valence-electron chi connectivity index (χ2n) is 7.83. The monoisotopic (exact) mass is 484 g/mol. The fourth-order valence-corrected chi connectivity index (χ4v) is 6.37. The Labute approximate surface area is 194 Å². The van der Waals surface area contributed by atoms with Crippen LogP contribution in [0.15, 0.2) is 75.7 Å². The molecule has 0 N–H and O–H groups in total. The fourth-order valence-electron chi connectivity index (χ4n) is 3.99. The Morgan fingerprint density at radius 3 is 2.45 bits per heavy atom. The fraction of sp³-hybridized carbons (Fsp3) is 0.217. The standard InChI is InChI=1S/C23H21FN4O3S2/c24-18-7-4-8-20(13-18)33(30,31)27-11-9-26(10-12-27)15-19-14-22(29)28-21(16-32-23(28)25-19)17-5-2-1-3-6-17/h1-8,13-14,16H,9-12,15H2. The van der Waals surface area contributed by atoms with E-state index < -0.39 is 15.8 Å². The Hall–Kier alpha value is -2.92. The third-order valence-corrected chi connectivity index (χ3v) is 8.40. The van der Waals surface area contributed by atoms with E-state index in [9.17, 15) is 17.6 Å². The van der Waals surface area contributed by atoms with Gasteiger partial charge in [-0.1, -0.05) is 36.4 Å². The summed E-state index contributed by atoms with van der Waals surface area (Å²) in [7, 11) is -3.74. The molecule has 5 rings (SSSR count). The van der Waals surface area contributed by atoms with E-state index in [4.69, 9.17) is 0 Å². The summed E-state index contributed by atoms with van der Waals surface area (Å²) in [6.45, 7) is 2.03. The molecule has 0 unspecified atom stereocenters. The maximum Gasteiger partial charge on any atom is 0.259 e. The number of rotatable bonds is 5. The van der Waals surface area contributed by atoms with Crippen LogP contribution in [0.3, 0.4) is 0 Å². The first-order chi connectivity index (χ1) is 15.9. The number of hydrogen-bond acceptors (Lipinski definition) is 6. The molecule has 1 aliphatic rings. The molecule has 0 saturated carbocycles. The number of sulfonamides is 1. The van der Waals surface area contributed by atoms with Crippen LogP contribution < -0.4 is 5.56 Å². The first-order valence-corrected chi connectivity index (χ1v) is 12.8. The lowest BCUT2D eigenvalue weighted by Crippen LogP contribution is -2.48. The smallest absolute Gasteiger partial charge is 0.259 e. The molecule has 1 fully saturated rings. The van der Waals surface area contributed by atoms with Gasteiger partial charge in [0.2, 0.25) is 10.0 Å². The first kappa shape index (κ1) is 21.9. The van der Waals surface area contributed by atoms with Crippen molar-refractivity contribution >= 4 is 26.3 Å². The highest BCUT2D eigenvalue weighted by Gasteiger charge is 2.29. The number of fused-ring (bicyclic) bond motifs is 1. The van der Waals surface area contributed by atoms with E-state index in [1.165, 1.54) is 33.8 Å². The van der Waals surface area contributed by atoms with Gasteiger partial charge in [-0.2, -0.15) is 4.31 Å². The topological polar surface area (TPSA) is 75.0 Å². The molecule has 1 saturated heterocycles. The normalized spacial score (nSPS) is 15.8. The lowest BCUT2D eigenvalue weighted by molar-refractivity contribution is 0.180. The van der Waals surface area contributed by atoms with Crippen molar-refractivity contribution in [3.63, 3.8) is 0 Å². The van der Waals surface area contributed by atoms with Crippen molar-refractivity contribution in [1.29, 1.82) is 0 Å². The summed E-state index contributed by atoms with van der Waals surface area (Å²) in [5, 5.41) is 1.93. The molecule has 0 bridgehead atoms. The van der Waals surface area contributed by atoms with Crippen LogP contribution in [0.4, 0.5) is 4.39 Å². The van der Waals surface area contributed by atoms with Crippen molar-refractivity contribution in [2.24, 2.45) is 0 Å². The third kappa shape index (κ3) is 4.34. The molecule has 0 spiro atoms. The van der Waals surface area contributed by atoms with Gasteiger partial charge < -0.3 is 0 Å². The van der Waals surface area contributed by atoms with Gasteiger partial charge in [0.15, 0.2) is 4.96 Å². The molecule has 33 heavy (non-hydrogen) atoms. The minimum Gasteiger partial charge on any atom is -0.295 e. The summed E-state index contributed by atoms with van der Waals surface area (Å²) >= 11 is 1.42. The van der Waals surface area contributed by atoms with Crippen LogP contribution in [0.25, 0.3) is 16.2 Å². The molecular weight excluding hydrogens is 463 g/mol. The second kappa shape index (κ2) is 8.79. The molecular formula is C23H21FN4O3S2. The molecule has 1 aliphatic heterocycles. The first-order valence-electron chi connectivity index (χ1n) is 10.5. The van der Waals surface area contributed by atoms with Crippen LogP contribution in [0, 0.1) is 5.82 Å². The van der Waals surface area contributed by atoms with Crippen molar-refractivity contribution < 1.29 is 12.8 Å². The predicted octanol–water partition coefficient (Wildman–Crippen LogP) is 3.07. The van der Waals surface area contributed by atoms with Gasteiger partial charge in [0.25, 0.3) is 5.56 Å². The minimum absolute atomic E-state index is 0.0389. The van der Waals surface area contributed by atoms with Gasteiger partial charge in [-0.3, -0.25) is 14.1 Å². The number of piperazine rings is 1. The van der Waals surface area contributed by atoms with Gasteiger partial charge in [-0.25, -0.2) is 17.8 Å². The van der Waals surface area contributed by atoms with E-state index in [0.717, 1.165) is 17.3 Å². The SMILES string of the molecule is O=c1cc(CN2CCN(S(=O)(=O)c3cccc(F)c3)CC2)nc2scc(-c3ccccc3)n12. The quantitative estimate of drug-likeness (QED) is 0.435. The van der Waals surface area contributed by atoms with E-state index in [2.05, 4.69) is 9.88 Å². The zero-order valence-corrected chi connectivity index (χ0v) is 19.2. The van der Waals surface area contributed by atoms with Crippen LogP contribution in [0.5, 0.6) is 0 Å². The molecule has 0 amide bonds. The maximum atomic E-state index is 13.5. The summed E-state index contributed by atoms with van der Waals surface area (Å²) in [5.74, 6) is -0.577. The molecule has 4 aromatic rings. The van der Waals surface area contributed by atoms with Crippen molar-refractivity contribution in [3.05, 3.63) is 87.9 Å². The van der Waals surface area contributed by atoms with Crippen LogP contribution in [-0.2, 0) is 16.6 Å². The highest BCUT2D eigenvalue weighted by molar-refractivity contribution is 7.89. The zero-order valence-electron chi connectivity index (χ0n) is 17.6. The van der Waals surface area contributed by atoms with Crippen molar-refractivity contribution in [2.75, 3.05) is 26.2 Å². The predicted molar refractivity (Wildman–Crippen MR) is 125 cm³/mol. The number of aromatic nitrogens is 2. The van der Waals surface area contributed by atoms with Crippen molar-refractivity contribution in [3.8, 4) is 11.3 Å². The minimum atomic E-state index is -3.74. The summed E-state index contributed by atoms with van der Waals surface area (Å²) < 4.78 is 42.1. The molecule has 170 valence electrons. The number of hydrogen-bond donors (Lipinski definition) is 0. The van der Waals surface area contributed by atoms with Gasteiger partial charge in [0, 0.05) is 44.2 Å². The van der Waals surface area contributed by atoms with Gasteiger partial charge >= 0.3 is 0 Å². The van der Waals surface area contributed by atoms with E-state index in [-0.39, 0.29) is 23.5 Å². The van der Waals surface area contributed by atoms with Crippen molar-refractivity contribution in [2.45, 2.75) is 11.4 Å². The Morgan fingerprint density at radius 2 is 1.73 bits per heavy atom. The highest BCUT2D eigenvalue weighted by Crippen LogP contribution is 2.24. The van der Waals surface area contributed by atoms with Crippen LogP contribution in [-0.4, -0.2) is 53.2 Å². The molecule has 0 aliphatic carbocycles. The number of nitrogens with zero attached hydrogens (tertiary/aromatic N) is 4. The average Bonchev–Trinajstić information content (AvgIpc) is 3.25. The second-order valence-corrected chi connectivity index (χ2v) is 10.6. The molecule has 0 radical (unpaired) electrons. The summed E-state index contributed by atoms with van der Waals surface area (Å²) in [6, 6.07) is 16.3. The Morgan fingerprint density at radius 1 is 0.970 bits per heavy atom. The molecule has 3 heterocycles. The molecule has 0 atom stereocenters. The zero-order chi connectivity index (χ0) is 23.0. The van der Waals surface area contributed by atoms with Crippen LogP contribution in [0.2, 0.25) is 0 Å². The average molecular weight is 485 g/mol. The highest BCUT2D eigenvalue weighted by atomic mass is 32.2. The molecule has 7 nitrogen and oxygen atoms in total. The Balaban J connectivity index is 1.30. The Bertz CT molecular complexity index is 1460. The summed E-state index contributed by atoms with van der Waals surface area (Å²) in [5.41, 5.74) is 2.29. The van der Waals surface area contributed by atoms with Gasteiger partial charge in [-0.15, -0.1) is 11.3 Å². The van der Waals surface area contributed by atoms with E-state index in [0.29, 0.717) is 30.3 Å². The van der Waals surface area contributed by atoms with E-state index in [1.54, 1.807) is 10.5 Å². The van der Waals surface area contributed by atoms with Crippen LogP contribution in [0.1, 0.15) is 5.69 Å².